The van der Waals surface area contributed by atoms with Gasteiger partial charge in [-0.05, 0) is 11.2 Å². The number of nitriles is 1. The molecule has 0 fully saturated rings. The van der Waals surface area contributed by atoms with Crippen LogP contribution in [0.3, 0.4) is 0 Å². The summed E-state index contributed by atoms with van der Waals surface area (Å²) in [5.74, 6) is 0. The second kappa shape index (κ2) is 6.24. The maximum atomic E-state index is 8.39. The Balaban J connectivity index is 0.00000144. The van der Waals surface area contributed by atoms with Gasteiger partial charge in [0, 0.05) is 11.6 Å². The first kappa shape index (κ1) is 14.3. The molecular formula is C10H6ClN4NaS. The summed E-state index contributed by atoms with van der Waals surface area (Å²) in [4.78, 5) is 7.11. The van der Waals surface area contributed by atoms with Gasteiger partial charge in [0.25, 0.3) is 0 Å². The van der Waals surface area contributed by atoms with Crippen LogP contribution in [0.25, 0.3) is 10.9 Å². The molecule has 1 heterocycles. The zero-order chi connectivity index (χ0) is 11.5. The van der Waals surface area contributed by atoms with Crippen LogP contribution in [-0.2, 0) is 12.6 Å². The molecule has 0 bridgehead atoms. The average Bonchev–Trinajstić information content (AvgIpc) is 2.62. The zero-order valence-electron chi connectivity index (χ0n) is 8.99. The molecule has 2 aromatic rings. The molecule has 0 radical (unpaired) electrons. The van der Waals surface area contributed by atoms with Gasteiger partial charge in [0.2, 0.25) is 0 Å². The predicted molar refractivity (Wildman–Crippen MR) is 66.5 cm³/mol. The van der Waals surface area contributed by atoms with Crippen LogP contribution in [0.15, 0.2) is 29.4 Å². The molecule has 7 heteroatoms. The fraction of sp³-hybridized carbons (Fsp3) is 0. The number of hydrogen-bond donors (Lipinski definition) is 2. The van der Waals surface area contributed by atoms with Gasteiger partial charge in [-0.3, -0.25) is 4.99 Å². The molecular weight excluding hydrogens is 267 g/mol. The Morgan fingerprint density at radius 2 is 2.29 bits per heavy atom. The van der Waals surface area contributed by atoms with Gasteiger partial charge < -0.3 is 22.9 Å². The van der Waals surface area contributed by atoms with E-state index < -0.39 is 0 Å². The number of amidine groups is 1. The fourth-order valence-corrected chi connectivity index (χ4v) is 1.74. The topological polar surface area (TPSA) is 64.0 Å². The van der Waals surface area contributed by atoms with E-state index in [1.165, 1.54) is 0 Å². The van der Waals surface area contributed by atoms with E-state index in [0.717, 1.165) is 10.9 Å². The number of nitrogens with zero attached hydrogens (tertiary/aromatic N) is 2. The van der Waals surface area contributed by atoms with Crippen molar-refractivity contribution >= 4 is 46.0 Å². The maximum Gasteiger partial charge on any atom is 1.00 e. The van der Waals surface area contributed by atoms with Crippen molar-refractivity contribution < 1.29 is 29.6 Å². The fourth-order valence-electron chi connectivity index (χ4n) is 1.38. The molecule has 0 atom stereocenters. The minimum absolute atomic E-state index is 0. The number of H-pyrrole nitrogens is 1. The third-order valence-electron chi connectivity index (χ3n) is 2.03. The van der Waals surface area contributed by atoms with Crippen LogP contribution in [-0.4, -0.2) is 10.2 Å². The Morgan fingerprint density at radius 3 is 3.00 bits per heavy atom. The van der Waals surface area contributed by atoms with Gasteiger partial charge in [-0.1, -0.05) is 23.7 Å². The minimum Gasteiger partial charge on any atom is -0.742 e. The van der Waals surface area contributed by atoms with Gasteiger partial charge in [-0.25, -0.2) is 0 Å². The minimum atomic E-state index is 0. The molecule has 17 heavy (non-hydrogen) atoms. The third-order valence-corrected chi connectivity index (χ3v) is 2.53. The number of fused-ring (bicyclic) bond motifs is 1. The molecule has 1 aromatic carbocycles. The number of nitrogens with one attached hydrogen (secondary N) is 2. The van der Waals surface area contributed by atoms with Crippen molar-refractivity contribution in [1.29, 1.82) is 5.26 Å². The molecule has 80 valence electrons. The molecule has 0 aliphatic carbocycles. The van der Waals surface area contributed by atoms with Crippen LogP contribution < -0.4 is 34.9 Å². The van der Waals surface area contributed by atoms with Crippen molar-refractivity contribution in [2.45, 2.75) is 0 Å². The van der Waals surface area contributed by atoms with Crippen molar-refractivity contribution in [2.75, 3.05) is 0 Å². The van der Waals surface area contributed by atoms with Crippen LogP contribution in [0.5, 0.6) is 0 Å². The van der Waals surface area contributed by atoms with Crippen molar-refractivity contribution in [1.82, 2.24) is 10.3 Å². The quantitative estimate of drug-likeness (QED) is 0.183. The molecule has 0 amide bonds. The van der Waals surface area contributed by atoms with Crippen LogP contribution in [0.1, 0.15) is 0 Å². The largest absolute Gasteiger partial charge is 1.00 e. The van der Waals surface area contributed by atoms with Gasteiger partial charge >= 0.3 is 29.6 Å². The molecule has 1 aromatic heterocycles. The van der Waals surface area contributed by atoms with Crippen LogP contribution in [0.2, 0.25) is 5.02 Å². The van der Waals surface area contributed by atoms with E-state index in [2.05, 4.69) is 15.3 Å². The van der Waals surface area contributed by atoms with E-state index >= 15 is 0 Å². The Kier molecular flexibility index (Phi) is 5.25. The molecule has 4 nitrogen and oxygen atoms in total. The second-order valence-corrected chi connectivity index (χ2v) is 3.78. The van der Waals surface area contributed by atoms with Crippen LogP contribution in [0, 0.1) is 11.5 Å². The number of rotatable bonds is 1. The average molecular weight is 273 g/mol. The summed E-state index contributed by atoms with van der Waals surface area (Å²) in [5, 5.41) is 12.3. The summed E-state index contributed by atoms with van der Waals surface area (Å²) in [7, 11) is 0. The third kappa shape index (κ3) is 3.12. The van der Waals surface area contributed by atoms with E-state index in [1.807, 2.05) is 12.1 Å². The number of para-hydroxylation sites is 1. The van der Waals surface area contributed by atoms with E-state index in [4.69, 9.17) is 29.5 Å². The smallest absolute Gasteiger partial charge is 0.742 e. The summed E-state index contributed by atoms with van der Waals surface area (Å²) < 4.78 is 0. The first-order chi connectivity index (χ1) is 7.72. The summed E-state index contributed by atoms with van der Waals surface area (Å²) in [6.45, 7) is 0. The van der Waals surface area contributed by atoms with Gasteiger partial charge in [-0.15, -0.1) is 0 Å². The summed E-state index contributed by atoms with van der Waals surface area (Å²) in [5.41, 5.74) is 1.45. The molecule has 0 spiro atoms. The summed E-state index contributed by atoms with van der Waals surface area (Å²) in [6.07, 6.45) is 3.41. The van der Waals surface area contributed by atoms with E-state index in [9.17, 15) is 0 Å². The number of aromatic nitrogens is 1. The number of aliphatic imine (C=N–C) groups is 1. The number of halogens is 1. The van der Waals surface area contributed by atoms with E-state index in [0.29, 0.717) is 10.7 Å². The molecule has 0 aliphatic rings. The number of hydrogen-bond acceptors (Lipinski definition) is 3. The molecule has 0 unspecified atom stereocenters. The van der Waals surface area contributed by atoms with Crippen molar-refractivity contribution in [3.63, 3.8) is 0 Å². The monoisotopic (exact) mass is 272 g/mol. The first-order valence-corrected chi connectivity index (χ1v) is 5.17. The normalized spacial score (nSPS) is 10.7. The Bertz CT molecular complexity index is 602. The van der Waals surface area contributed by atoms with Gasteiger partial charge in [-0.2, -0.15) is 5.26 Å². The van der Waals surface area contributed by atoms with E-state index in [-0.39, 0.29) is 34.7 Å². The molecule has 0 saturated heterocycles. The van der Waals surface area contributed by atoms with Gasteiger partial charge in [0.05, 0.1) is 16.2 Å². The molecule has 0 aliphatic heterocycles. The van der Waals surface area contributed by atoms with Gasteiger partial charge in [0.1, 0.15) is 0 Å². The molecule has 0 saturated carbocycles. The summed E-state index contributed by atoms with van der Waals surface area (Å²) in [6, 6.07) is 5.50. The SMILES string of the molecule is N#CNC([S-])=Nc1cccc2c(Cl)c[nH]c12.[Na+]. The summed E-state index contributed by atoms with van der Waals surface area (Å²) >= 11 is 10.8. The Hall–Kier alpha value is -0.770. The van der Waals surface area contributed by atoms with Crippen molar-refractivity contribution in [3.05, 3.63) is 29.4 Å². The van der Waals surface area contributed by atoms with Crippen LogP contribution in [0.4, 0.5) is 5.69 Å². The Morgan fingerprint density at radius 1 is 1.53 bits per heavy atom. The molecule has 2 rings (SSSR count). The second-order valence-electron chi connectivity index (χ2n) is 2.99. The molecule has 2 N–H and O–H groups in total. The van der Waals surface area contributed by atoms with Crippen molar-refractivity contribution in [3.8, 4) is 6.19 Å². The zero-order valence-corrected chi connectivity index (χ0v) is 12.6. The Labute approximate surface area is 131 Å². The standard InChI is InChI=1S/C10H7ClN4S.Na/c11-7-4-13-9-6(7)2-1-3-8(9)15-10(16)14-5-12;/h1-4,13H,(H2,14,15,16);/q;+1/p-1. The van der Waals surface area contributed by atoms with Crippen molar-refractivity contribution in [2.24, 2.45) is 4.99 Å². The van der Waals surface area contributed by atoms with Gasteiger partial charge in [0.15, 0.2) is 6.19 Å². The number of aromatic amines is 1. The maximum absolute atomic E-state index is 8.39. The van der Waals surface area contributed by atoms with E-state index in [1.54, 1.807) is 18.5 Å². The number of benzene rings is 1. The first-order valence-electron chi connectivity index (χ1n) is 4.39. The predicted octanol–water partition coefficient (Wildman–Crippen LogP) is -0.570. The van der Waals surface area contributed by atoms with Crippen LogP contribution >= 0.6 is 11.6 Å².